The van der Waals surface area contributed by atoms with Crippen molar-refractivity contribution in [3.8, 4) is 5.69 Å². The molecule has 30 heavy (non-hydrogen) atoms. The highest BCUT2D eigenvalue weighted by molar-refractivity contribution is 7.99. The lowest BCUT2D eigenvalue weighted by atomic mass is 9.89. The maximum Gasteiger partial charge on any atom is 0.267 e. The molecule has 0 aliphatic heterocycles. The van der Waals surface area contributed by atoms with Crippen LogP contribution in [0.1, 0.15) is 23.8 Å². The molecule has 0 spiro atoms. The number of fused-ring (bicyclic) bond motifs is 3. The summed E-state index contributed by atoms with van der Waals surface area (Å²) in [4.78, 5) is 32.7. The Kier molecular flexibility index (Phi) is 6.55. The minimum absolute atomic E-state index is 0.0412. The van der Waals surface area contributed by atoms with E-state index in [4.69, 9.17) is 9.72 Å². The summed E-state index contributed by atoms with van der Waals surface area (Å²) in [5.41, 5.74) is 1.90. The van der Waals surface area contributed by atoms with Gasteiger partial charge in [0.05, 0.1) is 23.4 Å². The van der Waals surface area contributed by atoms with Gasteiger partial charge in [-0.1, -0.05) is 36.9 Å². The first-order valence-electron chi connectivity index (χ1n) is 10.1. The van der Waals surface area contributed by atoms with Crippen LogP contribution >= 0.6 is 23.1 Å². The quantitative estimate of drug-likeness (QED) is 0.344. The van der Waals surface area contributed by atoms with Gasteiger partial charge in [-0.15, -0.1) is 11.3 Å². The molecule has 0 saturated heterocycles. The molecule has 4 rings (SSSR count). The number of aryl methyl sites for hydroxylation is 1. The van der Waals surface area contributed by atoms with E-state index in [-0.39, 0.29) is 17.2 Å². The molecule has 2 aromatic heterocycles. The Morgan fingerprint density at radius 2 is 2.17 bits per heavy atom. The molecule has 0 fully saturated rings. The van der Waals surface area contributed by atoms with Gasteiger partial charge in [0, 0.05) is 18.5 Å². The summed E-state index contributed by atoms with van der Waals surface area (Å²) >= 11 is 2.92. The predicted molar refractivity (Wildman–Crippen MR) is 122 cm³/mol. The Balaban J connectivity index is 1.74. The number of benzene rings is 1. The standard InChI is InChI=1S/C22H25N3O3S2/c1-14-8-9-16-17(12-14)30-20-19(16)21(27)25(15-6-4-3-5-7-15)22(24-20)29-13-18(26)23-10-11-28-2/h3-7,14H,8-13H2,1-2H3,(H,23,26)/t14-/m0/s1. The van der Waals surface area contributed by atoms with Crippen molar-refractivity contribution in [3.63, 3.8) is 0 Å². The zero-order valence-corrected chi connectivity index (χ0v) is 18.8. The van der Waals surface area contributed by atoms with E-state index < -0.39 is 0 Å². The van der Waals surface area contributed by atoms with Gasteiger partial charge in [-0.3, -0.25) is 14.2 Å². The molecule has 0 saturated carbocycles. The van der Waals surface area contributed by atoms with Crippen LogP contribution < -0.4 is 10.9 Å². The first kappa shape index (κ1) is 21.1. The van der Waals surface area contributed by atoms with E-state index in [9.17, 15) is 9.59 Å². The number of hydrogen-bond acceptors (Lipinski definition) is 6. The molecule has 0 unspecified atom stereocenters. The van der Waals surface area contributed by atoms with Gasteiger partial charge in [-0.2, -0.15) is 0 Å². The van der Waals surface area contributed by atoms with E-state index in [1.165, 1.54) is 22.2 Å². The molecule has 1 amide bonds. The van der Waals surface area contributed by atoms with E-state index in [2.05, 4.69) is 12.2 Å². The zero-order valence-electron chi connectivity index (χ0n) is 17.1. The highest BCUT2D eigenvalue weighted by Crippen LogP contribution is 2.36. The maximum absolute atomic E-state index is 13.6. The molecule has 3 aromatic rings. The lowest BCUT2D eigenvalue weighted by molar-refractivity contribution is -0.118. The normalized spacial score (nSPS) is 15.9. The van der Waals surface area contributed by atoms with E-state index in [1.807, 2.05) is 30.3 Å². The van der Waals surface area contributed by atoms with Crippen LogP contribution in [0.2, 0.25) is 0 Å². The van der Waals surface area contributed by atoms with Crippen LogP contribution in [0.15, 0.2) is 40.3 Å². The van der Waals surface area contributed by atoms with E-state index >= 15 is 0 Å². The molecule has 0 radical (unpaired) electrons. The summed E-state index contributed by atoms with van der Waals surface area (Å²) in [7, 11) is 1.60. The van der Waals surface area contributed by atoms with E-state index in [1.54, 1.807) is 23.0 Å². The number of nitrogens with one attached hydrogen (secondary N) is 1. The Bertz CT molecular complexity index is 1110. The molecule has 158 valence electrons. The van der Waals surface area contributed by atoms with Crippen LogP contribution in [-0.2, 0) is 22.4 Å². The molecule has 2 heterocycles. The number of hydrogen-bond donors (Lipinski definition) is 1. The number of para-hydroxylation sites is 1. The van der Waals surface area contributed by atoms with Crippen molar-refractivity contribution in [1.82, 2.24) is 14.9 Å². The Labute approximate surface area is 183 Å². The van der Waals surface area contributed by atoms with Crippen molar-refractivity contribution in [2.24, 2.45) is 5.92 Å². The fourth-order valence-corrected chi connectivity index (χ4v) is 6.01. The number of amides is 1. The van der Waals surface area contributed by atoms with Crippen molar-refractivity contribution >= 4 is 39.2 Å². The van der Waals surface area contributed by atoms with Crippen LogP contribution in [0.3, 0.4) is 0 Å². The first-order valence-corrected chi connectivity index (χ1v) is 11.9. The molecular weight excluding hydrogens is 418 g/mol. The van der Waals surface area contributed by atoms with Gasteiger partial charge in [0.15, 0.2) is 5.16 Å². The van der Waals surface area contributed by atoms with Gasteiger partial charge in [-0.05, 0) is 42.9 Å². The second-order valence-electron chi connectivity index (χ2n) is 7.53. The van der Waals surface area contributed by atoms with Gasteiger partial charge >= 0.3 is 0 Å². The van der Waals surface area contributed by atoms with E-state index in [0.717, 1.165) is 35.2 Å². The van der Waals surface area contributed by atoms with Gasteiger partial charge in [0.25, 0.3) is 5.56 Å². The number of aromatic nitrogens is 2. The summed E-state index contributed by atoms with van der Waals surface area (Å²) in [5, 5.41) is 4.11. The number of carbonyl (C=O) groups is 1. The molecule has 8 heteroatoms. The van der Waals surface area contributed by atoms with Crippen LogP contribution in [0, 0.1) is 5.92 Å². The van der Waals surface area contributed by atoms with Crippen LogP contribution in [0.5, 0.6) is 0 Å². The Hall–Kier alpha value is -2.16. The SMILES string of the molecule is COCCNC(=O)CSc1nc2sc3c(c2c(=O)n1-c1ccccc1)CC[C@H](C)C3. The fourth-order valence-electron chi connectivity index (χ4n) is 3.75. The molecule has 6 nitrogen and oxygen atoms in total. The number of nitrogens with zero attached hydrogens (tertiary/aromatic N) is 2. The average molecular weight is 444 g/mol. The van der Waals surface area contributed by atoms with Crippen LogP contribution in [0.4, 0.5) is 0 Å². The maximum atomic E-state index is 13.6. The summed E-state index contributed by atoms with van der Waals surface area (Å²) in [6, 6.07) is 9.53. The second kappa shape index (κ2) is 9.32. The highest BCUT2D eigenvalue weighted by atomic mass is 32.2. The monoisotopic (exact) mass is 443 g/mol. The molecule has 0 bridgehead atoms. The number of methoxy groups -OCH3 is 1. The summed E-state index contributed by atoms with van der Waals surface area (Å²) in [5.74, 6) is 0.716. The van der Waals surface area contributed by atoms with Gasteiger partial charge in [-0.25, -0.2) is 4.98 Å². The second-order valence-corrected chi connectivity index (χ2v) is 9.56. The Morgan fingerprint density at radius 1 is 1.37 bits per heavy atom. The third-order valence-corrected chi connectivity index (χ3v) is 7.36. The van der Waals surface area contributed by atoms with Crippen LogP contribution in [0.25, 0.3) is 15.9 Å². The predicted octanol–water partition coefficient (Wildman–Crippen LogP) is 3.43. The number of ether oxygens (including phenoxy) is 1. The smallest absolute Gasteiger partial charge is 0.267 e. The number of thioether (sulfide) groups is 1. The topological polar surface area (TPSA) is 73.2 Å². The fraction of sp³-hybridized carbons (Fsp3) is 0.409. The van der Waals surface area contributed by atoms with Gasteiger partial charge < -0.3 is 10.1 Å². The molecule has 1 aromatic carbocycles. The van der Waals surface area contributed by atoms with Gasteiger partial charge in [0.1, 0.15) is 4.83 Å². The minimum Gasteiger partial charge on any atom is -0.383 e. The molecule has 1 N–H and O–H groups in total. The average Bonchev–Trinajstić information content (AvgIpc) is 3.10. The van der Waals surface area contributed by atoms with Crippen molar-refractivity contribution in [2.75, 3.05) is 26.0 Å². The number of rotatable bonds is 7. The lowest BCUT2D eigenvalue weighted by Crippen LogP contribution is -2.29. The minimum atomic E-state index is -0.106. The van der Waals surface area contributed by atoms with Crippen molar-refractivity contribution < 1.29 is 9.53 Å². The summed E-state index contributed by atoms with van der Waals surface area (Å²) < 4.78 is 6.62. The highest BCUT2D eigenvalue weighted by Gasteiger charge is 2.25. The molecule has 1 atom stereocenters. The van der Waals surface area contributed by atoms with Crippen molar-refractivity contribution in [2.45, 2.75) is 31.3 Å². The third kappa shape index (κ3) is 4.31. The summed E-state index contributed by atoms with van der Waals surface area (Å²) in [6.45, 7) is 3.19. The van der Waals surface area contributed by atoms with Gasteiger partial charge in [0.2, 0.25) is 5.91 Å². The van der Waals surface area contributed by atoms with Crippen molar-refractivity contribution in [3.05, 3.63) is 51.1 Å². The van der Waals surface area contributed by atoms with E-state index in [0.29, 0.717) is 24.2 Å². The molecular formula is C22H25N3O3S2. The largest absolute Gasteiger partial charge is 0.383 e. The summed E-state index contributed by atoms with van der Waals surface area (Å²) in [6.07, 6.45) is 3.03. The lowest BCUT2D eigenvalue weighted by Gasteiger charge is -2.17. The zero-order chi connectivity index (χ0) is 21.1. The van der Waals surface area contributed by atoms with Crippen molar-refractivity contribution in [1.29, 1.82) is 0 Å². The number of carbonyl (C=O) groups excluding carboxylic acids is 1. The Morgan fingerprint density at radius 3 is 2.93 bits per heavy atom. The first-order chi connectivity index (χ1) is 14.6. The van der Waals surface area contributed by atoms with Crippen LogP contribution in [-0.4, -0.2) is 41.5 Å². The third-order valence-electron chi connectivity index (χ3n) is 5.27. The molecule has 1 aliphatic carbocycles. The molecule has 1 aliphatic rings. The number of thiophene rings is 1.